The van der Waals surface area contributed by atoms with Crippen LogP contribution in [-0.4, -0.2) is 28.7 Å². The molecule has 0 aliphatic rings. The van der Waals surface area contributed by atoms with Crippen LogP contribution in [0.4, 0.5) is 10.1 Å². The van der Waals surface area contributed by atoms with E-state index in [0.717, 1.165) is 12.1 Å². The van der Waals surface area contributed by atoms with Gasteiger partial charge in [0.05, 0.1) is 35.9 Å². The molecular formula is C22H19FN2O4S. The summed E-state index contributed by atoms with van der Waals surface area (Å²) in [6.07, 6.45) is 0. The van der Waals surface area contributed by atoms with Crippen LogP contribution in [0.1, 0.15) is 5.56 Å². The highest BCUT2D eigenvalue weighted by molar-refractivity contribution is 7.92. The minimum Gasteiger partial charge on any atom is -0.495 e. The highest BCUT2D eigenvalue weighted by Gasteiger charge is 2.27. The molecule has 0 saturated carbocycles. The molecule has 0 aromatic heterocycles. The van der Waals surface area contributed by atoms with Crippen LogP contribution in [0.3, 0.4) is 0 Å². The average molecular weight is 426 g/mol. The van der Waals surface area contributed by atoms with Crippen molar-refractivity contribution in [2.24, 2.45) is 0 Å². The predicted octanol–water partition coefficient (Wildman–Crippen LogP) is 3.98. The molecule has 0 saturated heterocycles. The zero-order valence-corrected chi connectivity index (χ0v) is 17.0. The van der Waals surface area contributed by atoms with E-state index < -0.39 is 15.8 Å². The van der Waals surface area contributed by atoms with Gasteiger partial charge in [-0.25, -0.2) is 12.8 Å². The summed E-state index contributed by atoms with van der Waals surface area (Å²) in [6.45, 7) is 0.0322. The normalized spacial score (nSPS) is 10.8. The minimum absolute atomic E-state index is 0.0138. The molecule has 0 N–H and O–H groups in total. The number of hydrogen-bond acceptors (Lipinski definition) is 5. The predicted molar refractivity (Wildman–Crippen MR) is 111 cm³/mol. The summed E-state index contributed by atoms with van der Waals surface area (Å²) >= 11 is 0. The molecule has 3 rings (SSSR count). The molecule has 6 nitrogen and oxygen atoms in total. The first-order valence-corrected chi connectivity index (χ1v) is 10.4. The van der Waals surface area contributed by atoms with Crippen molar-refractivity contribution in [1.82, 2.24) is 0 Å². The van der Waals surface area contributed by atoms with Crippen LogP contribution in [0.5, 0.6) is 11.5 Å². The van der Waals surface area contributed by atoms with Gasteiger partial charge in [0.2, 0.25) is 0 Å². The Hall–Kier alpha value is -3.57. The smallest absolute Gasteiger partial charge is 0.264 e. The molecular weight excluding hydrogens is 407 g/mol. The molecule has 0 spiro atoms. The van der Waals surface area contributed by atoms with Gasteiger partial charge in [-0.1, -0.05) is 12.1 Å². The van der Waals surface area contributed by atoms with Crippen LogP contribution in [0.15, 0.2) is 77.7 Å². The van der Waals surface area contributed by atoms with E-state index in [1.807, 2.05) is 6.07 Å². The van der Waals surface area contributed by atoms with Crippen molar-refractivity contribution >= 4 is 15.7 Å². The van der Waals surface area contributed by atoms with Crippen LogP contribution in [0.25, 0.3) is 0 Å². The van der Waals surface area contributed by atoms with Gasteiger partial charge in [0, 0.05) is 0 Å². The molecule has 3 aromatic carbocycles. The summed E-state index contributed by atoms with van der Waals surface area (Å²) in [5.41, 5.74) is 0.838. The Labute approximate surface area is 174 Å². The van der Waals surface area contributed by atoms with Gasteiger partial charge in [-0.3, -0.25) is 4.31 Å². The number of halogens is 1. The summed E-state index contributed by atoms with van der Waals surface area (Å²) in [4.78, 5) is -0.0480. The summed E-state index contributed by atoms with van der Waals surface area (Å²) < 4.78 is 52.0. The fraction of sp³-hybridized carbons (Fsp3) is 0.136. The SMILES string of the molecule is COc1ccccc1N(CCOc1ccc(C#N)cc1)S(=O)(=O)c1ccc(F)cc1. The van der Waals surface area contributed by atoms with E-state index in [0.29, 0.717) is 22.7 Å². The van der Waals surface area contributed by atoms with E-state index in [1.165, 1.54) is 23.5 Å². The molecule has 0 aliphatic heterocycles. The molecule has 0 atom stereocenters. The fourth-order valence-electron chi connectivity index (χ4n) is 2.81. The quantitative estimate of drug-likeness (QED) is 0.544. The van der Waals surface area contributed by atoms with Crippen LogP contribution in [-0.2, 0) is 10.0 Å². The lowest BCUT2D eigenvalue weighted by atomic mass is 10.2. The van der Waals surface area contributed by atoms with Crippen molar-refractivity contribution < 1.29 is 22.3 Å². The molecule has 8 heteroatoms. The van der Waals surface area contributed by atoms with Gasteiger partial charge in [-0.2, -0.15) is 5.26 Å². The van der Waals surface area contributed by atoms with Gasteiger partial charge < -0.3 is 9.47 Å². The van der Waals surface area contributed by atoms with Crippen LogP contribution < -0.4 is 13.8 Å². The van der Waals surface area contributed by atoms with Gasteiger partial charge in [0.15, 0.2) is 0 Å². The van der Waals surface area contributed by atoms with E-state index in [-0.39, 0.29) is 18.0 Å². The number of benzene rings is 3. The molecule has 3 aromatic rings. The van der Waals surface area contributed by atoms with Crippen LogP contribution in [0.2, 0.25) is 0 Å². The molecule has 0 heterocycles. The van der Waals surface area contributed by atoms with Crippen molar-refractivity contribution in [2.75, 3.05) is 24.6 Å². The molecule has 0 amide bonds. The third-order valence-corrected chi connectivity index (χ3v) is 6.13. The number of nitrogens with zero attached hydrogens (tertiary/aromatic N) is 2. The number of hydrogen-bond donors (Lipinski definition) is 0. The number of methoxy groups -OCH3 is 1. The number of ether oxygens (including phenoxy) is 2. The first-order valence-electron chi connectivity index (χ1n) is 9.00. The van der Waals surface area contributed by atoms with Crippen molar-refractivity contribution in [3.05, 3.63) is 84.2 Å². The van der Waals surface area contributed by atoms with Crippen molar-refractivity contribution in [3.63, 3.8) is 0 Å². The molecule has 154 valence electrons. The molecule has 0 fully saturated rings. The Bertz CT molecular complexity index is 1140. The summed E-state index contributed by atoms with van der Waals surface area (Å²) in [5, 5.41) is 8.87. The monoisotopic (exact) mass is 426 g/mol. The molecule has 0 aliphatic carbocycles. The fourth-order valence-corrected chi connectivity index (χ4v) is 4.27. The second-order valence-electron chi connectivity index (χ2n) is 6.19. The van der Waals surface area contributed by atoms with E-state index in [1.54, 1.807) is 48.5 Å². The summed E-state index contributed by atoms with van der Waals surface area (Å²) in [7, 11) is -2.55. The molecule has 0 radical (unpaired) electrons. The largest absolute Gasteiger partial charge is 0.495 e. The average Bonchev–Trinajstić information content (AvgIpc) is 2.77. The first kappa shape index (κ1) is 21.1. The Morgan fingerprint density at radius 3 is 2.30 bits per heavy atom. The first-order chi connectivity index (χ1) is 14.5. The van der Waals surface area contributed by atoms with Crippen molar-refractivity contribution in [2.45, 2.75) is 4.90 Å². The maximum absolute atomic E-state index is 13.3. The Kier molecular flexibility index (Phi) is 6.54. The number of rotatable bonds is 8. The Morgan fingerprint density at radius 1 is 1.00 bits per heavy atom. The summed E-state index contributed by atoms with van der Waals surface area (Å²) in [5.74, 6) is 0.358. The second kappa shape index (κ2) is 9.29. The van der Waals surface area contributed by atoms with Gasteiger partial charge >= 0.3 is 0 Å². The lowest BCUT2D eigenvalue weighted by Crippen LogP contribution is -2.35. The Balaban J connectivity index is 1.89. The summed E-state index contributed by atoms with van der Waals surface area (Å²) in [6, 6.07) is 19.9. The van der Waals surface area contributed by atoms with E-state index >= 15 is 0 Å². The van der Waals surface area contributed by atoms with Gasteiger partial charge in [0.25, 0.3) is 10.0 Å². The number of sulfonamides is 1. The topological polar surface area (TPSA) is 79.6 Å². The maximum atomic E-state index is 13.3. The van der Waals surface area contributed by atoms with Crippen molar-refractivity contribution in [3.8, 4) is 17.6 Å². The Morgan fingerprint density at radius 2 is 1.67 bits per heavy atom. The number of nitriles is 1. The van der Waals surface area contributed by atoms with Crippen molar-refractivity contribution in [1.29, 1.82) is 5.26 Å². The number of anilines is 1. The van der Waals surface area contributed by atoms with E-state index in [2.05, 4.69) is 0 Å². The zero-order chi connectivity index (χ0) is 21.6. The number of para-hydroxylation sites is 2. The van der Waals surface area contributed by atoms with Gasteiger partial charge in [0.1, 0.15) is 23.9 Å². The lowest BCUT2D eigenvalue weighted by Gasteiger charge is -2.26. The highest BCUT2D eigenvalue weighted by Crippen LogP contribution is 2.32. The van der Waals surface area contributed by atoms with Gasteiger partial charge in [-0.05, 0) is 60.7 Å². The highest BCUT2D eigenvalue weighted by atomic mass is 32.2. The standard InChI is InChI=1S/C22H19FN2O4S/c1-28-22-5-3-2-4-21(22)25(30(26,27)20-12-8-18(23)9-13-20)14-15-29-19-10-6-17(16-24)7-11-19/h2-13H,14-15H2,1H3. The maximum Gasteiger partial charge on any atom is 0.264 e. The van der Waals surface area contributed by atoms with Crippen LogP contribution in [0, 0.1) is 17.1 Å². The lowest BCUT2D eigenvalue weighted by molar-refractivity contribution is 0.328. The van der Waals surface area contributed by atoms with E-state index in [9.17, 15) is 12.8 Å². The third kappa shape index (κ3) is 4.70. The molecule has 0 unspecified atom stereocenters. The van der Waals surface area contributed by atoms with Gasteiger partial charge in [-0.15, -0.1) is 0 Å². The zero-order valence-electron chi connectivity index (χ0n) is 16.2. The second-order valence-corrected chi connectivity index (χ2v) is 8.05. The minimum atomic E-state index is -4.00. The van der Waals surface area contributed by atoms with Crippen LogP contribution >= 0.6 is 0 Å². The molecule has 30 heavy (non-hydrogen) atoms. The van der Waals surface area contributed by atoms with E-state index in [4.69, 9.17) is 14.7 Å². The molecule has 0 bridgehead atoms. The third-order valence-electron chi connectivity index (χ3n) is 4.30.